The monoisotopic (exact) mass is 247 g/mol. The summed E-state index contributed by atoms with van der Waals surface area (Å²) >= 11 is 0. The molecular weight excluding hydrogens is 237 g/mol. The van der Waals surface area contributed by atoms with Crippen LogP contribution in [0.2, 0.25) is 0 Å². The Bertz CT molecular complexity index is 629. The van der Waals surface area contributed by atoms with E-state index in [-0.39, 0.29) is 17.2 Å². The van der Waals surface area contributed by atoms with Crippen molar-refractivity contribution in [3.05, 3.63) is 51.8 Å². The topological polar surface area (TPSA) is 82.0 Å². The van der Waals surface area contributed by atoms with Crippen LogP contribution in [-0.4, -0.2) is 9.91 Å². The second-order valence-electron chi connectivity index (χ2n) is 3.82. The van der Waals surface area contributed by atoms with E-state index in [1.54, 1.807) is 6.92 Å². The minimum absolute atomic E-state index is 0.150. The Morgan fingerprint density at radius 2 is 2.06 bits per heavy atom. The zero-order chi connectivity index (χ0) is 13.3. The molecule has 0 atom stereocenters. The van der Waals surface area contributed by atoms with Crippen LogP contribution in [0, 0.1) is 22.9 Å². The molecule has 0 saturated heterocycles. The number of anilines is 1. The Hall–Kier alpha value is -2.50. The quantitative estimate of drug-likeness (QED) is 0.653. The van der Waals surface area contributed by atoms with Gasteiger partial charge in [0, 0.05) is 11.6 Å². The van der Waals surface area contributed by atoms with Gasteiger partial charge < -0.3 is 5.73 Å². The van der Waals surface area contributed by atoms with E-state index in [1.807, 2.05) is 0 Å². The predicted molar refractivity (Wildman–Crippen MR) is 65.4 cm³/mol. The van der Waals surface area contributed by atoms with Gasteiger partial charge in [0.15, 0.2) is 5.69 Å². The molecule has 0 spiro atoms. The van der Waals surface area contributed by atoms with Crippen LogP contribution in [0.1, 0.15) is 5.56 Å². The molecule has 0 fully saturated rings. The Kier molecular flexibility index (Phi) is 2.93. The Morgan fingerprint density at radius 1 is 1.33 bits per heavy atom. The van der Waals surface area contributed by atoms with Gasteiger partial charge in [-0.15, -0.1) is 0 Å². The molecule has 2 aromatic rings. The van der Waals surface area contributed by atoms with Crippen LogP contribution < -0.4 is 5.73 Å². The van der Waals surface area contributed by atoms with E-state index in [9.17, 15) is 14.5 Å². The molecule has 92 valence electrons. The molecule has 6 heteroatoms. The van der Waals surface area contributed by atoms with E-state index in [2.05, 4.69) is 4.98 Å². The van der Waals surface area contributed by atoms with E-state index in [4.69, 9.17) is 5.73 Å². The molecule has 0 aliphatic carbocycles. The van der Waals surface area contributed by atoms with Gasteiger partial charge in [-0.25, -0.2) is 9.37 Å². The van der Waals surface area contributed by atoms with Crippen molar-refractivity contribution in [1.82, 2.24) is 4.98 Å². The molecule has 1 aromatic heterocycles. The van der Waals surface area contributed by atoms with Crippen molar-refractivity contribution in [2.24, 2.45) is 0 Å². The molecular formula is C12H10FN3O2. The SMILES string of the molecule is Cc1cc(F)ccc1-c1nc(N)ccc1[N+](=O)[O-]. The minimum Gasteiger partial charge on any atom is -0.384 e. The Balaban J connectivity index is 2.69. The molecule has 0 radical (unpaired) electrons. The maximum atomic E-state index is 13.0. The van der Waals surface area contributed by atoms with Crippen LogP contribution >= 0.6 is 0 Å². The number of rotatable bonds is 2. The fourth-order valence-corrected chi connectivity index (χ4v) is 1.71. The standard InChI is InChI=1S/C12H10FN3O2/c1-7-6-8(13)2-3-9(7)12-10(16(17)18)4-5-11(14)15-12/h2-6H,1H3,(H2,14,15). The van der Waals surface area contributed by atoms with Crippen molar-refractivity contribution in [3.8, 4) is 11.3 Å². The van der Waals surface area contributed by atoms with Gasteiger partial charge in [-0.3, -0.25) is 10.1 Å². The fourth-order valence-electron chi connectivity index (χ4n) is 1.71. The summed E-state index contributed by atoms with van der Waals surface area (Å²) in [5.41, 5.74) is 6.60. The summed E-state index contributed by atoms with van der Waals surface area (Å²) < 4.78 is 13.0. The molecule has 18 heavy (non-hydrogen) atoms. The van der Waals surface area contributed by atoms with Crippen LogP contribution in [0.25, 0.3) is 11.3 Å². The van der Waals surface area contributed by atoms with E-state index in [0.717, 1.165) is 0 Å². The maximum Gasteiger partial charge on any atom is 0.295 e. The average Bonchev–Trinajstić information content (AvgIpc) is 2.28. The van der Waals surface area contributed by atoms with Crippen molar-refractivity contribution in [2.45, 2.75) is 6.92 Å². The highest BCUT2D eigenvalue weighted by atomic mass is 19.1. The third-order valence-corrected chi connectivity index (χ3v) is 2.54. The molecule has 0 amide bonds. The molecule has 0 aliphatic rings. The summed E-state index contributed by atoms with van der Waals surface area (Å²) in [4.78, 5) is 14.4. The smallest absolute Gasteiger partial charge is 0.295 e. The van der Waals surface area contributed by atoms with Crippen molar-refractivity contribution >= 4 is 11.5 Å². The summed E-state index contributed by atoms with van der Waals surface area (Å²) in [5, 5.41) is 10.9. The summed E-state index contributed by atoms with van der Waals surface area (Å²) in [7, 11) is 0. The van der Waals surface area contributed by atoms with Crippen LogP contribution in [0.5, 0.6) is 0 Å². The number of hydrogen-bond acceptors (Lipinski definition) is 4. The first-order chi connectivity index (χ1) is 8.49. The lowest BCUT2D eigenvalue weighted by atomic mass is 10.0. The molecule has 0 bridgehead atoms. The minimum atomic E-state index is -0.537. The highest BCUT2D eigenvalue weighted by Crippen LogP contribution is 2.31. The second kappa shape index (κ2) is 4.40. The van der Waals surface area contributed by atoms with Crippen molar-refractivity contribution in [2.75, 3.05) is 5.73 Å². The third kappa shape index (κ3) is 2.13. The van der Waals surface area contributed by atoms with E-state index in [0.29, 0.717) is 11.1 Å². The van der Waals surface area contributed by atoms with Crippen LogP contribution in [-0.2, 0) is 0 Å². The van der Waals surface area contributed by atoms with Gasteiger partial charge >= 0.3 is 0 Å². The maximum absolute atomic E-state index is 13.0. The number of nitro groups is 1. The van der Waals surface area contributed by atoms with Crippen molar-refractivity contribution in [1.29, 1.82) is 0 Å². The number of aryl methyl sites for hydroxylation is 1. The summed E-state index contributed by atoms with van der Waals surface area (Å²) in [6.45, 7) is 1.66. The molecule has 0 saturated carbocycles. The van der Waals surface area contributed by atoms with E-state index >= 15 is 0 Å². The fraction of sp³-hybridized carbons (Fsp3) is 0.0833. The number of pyridine rings is 1. The largest absolute Gasteiger partial charge is 0.384 e. The van der Waals surface area contributed by atoms with Crippen LogP contribution in [0.3, 0.4) is 0 Å². The normalized spacial score (nSPS) is 10.3. The van der Waals surface area contributed by atoms with Gasteiger partial charge in [-0.05, 0) is 36.8 Å². The molecule has 0 aliphatic heterocycles. The molecule has 0 unspecified atom stereocenters. The van der Waals surface area contributed by atoms with Crippen LogP contribution in [0.15, 0.2) is 30.3 Å². The summed E-state index contributed by atoms with van der Waals surface area (Å²) in [6, 6.07) is 6.64. The number of hydrogen-bond donors (Lipinski definition) is 1. The number of halogens is 1. The summed E-state index contributed by atoms with van der Waals surface area (Å²) in [5.74, 6) is -0.220. The lowest BCUT2D eigenvalue weighted by Gasteiger charge is -2.06. The van der Waals surface area contributed by atoms with Gasteiger partial charge in [0.05, 0.1) is 4.92 Å². The summed E-state index contributed by atoms with van der Waals surface area (Å²) in [6.07, 6.45) is 0. The Morgan fingerprint density at radius 3 is 2.67 bits per heavy atom. The number of nitrogens with two attached hydrogens (primary N) is 1. The second-order valence-corrected chi connectivity index (χ2v) is 3.82. The number of aromatic nitrogens is 1. The van der Waals surface area contributed by atoms with Crippen molar-refractivity contribution in [3.63, 3.8) is 0 Å². The van der Waals surface area contributed by atoms with E-state index < -0.39 is 10.7 Å². The molecule has 2 rings (SSSR count). The van der Waals surface area contributed by atoms with Gasteiger partial charge in [-0.2, -0.15) is 0 Å². The van der Waals surface area contributed by atoms with Crippen LogP contribution in [0.4, 0.5) is 15.9 Å². The number of benzene rings is 1. The lowest BCUT2D eigenvalue weighted by Crippen LogP contribution is -1.99. The third-order valence-electron chi connectivity index (χ3n) is 2.54. The zero-order valence-electron chi connectivity index (χ0n) is 9.55. The molecule has 1 heterocycles. The highest BCUT2D eigenvalue weighted by molar-refractivity contribution is 5.73. The van der Waals surface area contributed by atoms with E-state index in [1.165, 1.54) is 30.3 Å². The number of nitrogens with zero attached hydrogens (tertiary/aromatic N) is 2. The van der Waals surface area contributed by atoms with Crippen molar-refractivity contribution < 1.29 is 9.31 Å². The first-order valence-electron chi connectivity index (χ1n) is 5.16. The highest BCUT2D eigenvalue weighted by Gasteiger charge is 2.18. The predicted octanol–water partition coefficient (Wildman–Crippen LogP) is 2.69. The number of nitrogen functional groups attached to an aromatic ring is 1. The van der Waals surface area contributed by atoms with Gasteiger partial charge in [0.2, 0.25) is 0 Å². The molecule has 2 N–H and O–H groups in total. The first-order valence-corrected chi connectivity index (χ1v) is 5.16. The van der Waals surface area contributed by atoms with Gasteiger partial charge in [0.25, 0.3) is 5.69 Å². The zero-order valence-corrected chi connectivity index (χ0v) is 9.55. The van der Waals surface area contributed by atoms with Gasteiger partial charge in [-0.1, -0.05) is 0 Å². The lowest BCUT2D eigenvalue weighted by molar-refractivity contribution is -0.384. The first kappa shape index (κ1) is 12.0. The average molecular weight is 247 g/mol. The molecule has 5 nitrogen and oxygen atoms in total. The molecule has 1 aromatic carbocycles. The Labute approximate surface area is 102 Å². The van der Waals surface area contributed by atoms with Gasteiger partial charge in [0.1, 0.15) is 11.6 Å².